The van der Waals surface area contributed by atoms with Crippen LogP contribution in [-0.2, 0) is 14.0 Å². The molecule has 13 heavy (non-hydrogen) atoms. The number of hydrogen-bond acceptors (Lipinski definition) is 5. The van der Waals surface area contributed by atoms with E-state index in [-0.39, 0.29) is 0 Å². The van der Waals surface area contributed by atoms with E-state index in [1.165, 1.54) is 0 Å². The minimum atomic E-state index is -4.27. The van der Waals surface area contributed by atoms with Crippen LogP contribution in [0.4, 0.5) is 0 Å². The molecule has 7 heteroatoms. The minimum absolute atomic E-state index is 0.576. The molecule has 0 unspecified atom stereocenters. The Morgan fingerprint density at radius 3 is 2.38 bits per heavy atom. The second-order valence-electron chi connectivity index (χ2n) is 2.46. The summed E-state index contributed by atoms with van der Waals surface area (Å²) in [5.74, 6) is 1.46. The molecule has 4 nitrogen and oxygen atoms in total. The van der Waals surface area contributed by atoms with Gasteiger partial charge in [0.15, 0.2) is 0 Å². The molecule has 1 N–H and O–H groups in total. The fraction of sp³-hybridized carbons (Fsp3) is 1.00. The summed E-state index contributed by atoms with van der Waals surface area (Å²) in [5.41, 5.74) is 0. The molecule has 0 aliphatic rings. The summed E-state index contributed by atoms with van der Waals surface area (Å²) in [5, 5.41) is 0. The third-order valence-electron chi connectivity index (χ3n) is 1.27. The SMILES string of the molecule is O=S(=O)(O)OSCCCCCCS. The highest BCUT2D eigenvalue weighted by molar-refractivity contribution is 8.02. The van der Waals surface area contributed by atoms with Crippen LogP contribution >= 0.6 is 24.7 Å². The maximum Gasteiger partial charge on any atom is 0.408 e. The molecule has 0 saturated carbocycles. The Balaban J connectivity index is 3.09. The lowest BCUT2D eigenvalue weighted by Gasteiger charge is -1.98. The van der Waals surface area contributed by atoms with Gasteiger partial charge in [-0.25, -0.2) is 0 Å². The van der Waals surface area contributed by atoms with Crippen LogP contribution < -0.4 is 0 Å². The molecule has 0 aliphatic heterocycles. The number of thiol groups is 1. The van der Waals surface area contributed by atoms with Crippen molar-refractivity contribution in [1.82, 2.24) is 0 Å². The zero-order valence-electron chi connectivity index (χ0n) is 7.18. The van der Waals surface area contributed by atoms with Crippen LogP contribution in [-0.4, -0.2) is 24.5 Å². The van der Waals surface area contributed by atoms with Crippen molar-refractivity contribution in [2.24, 2.45) is 0 Å². The van der Waals surface area contributed by atoms with Crippen molar-refractivity contribution in [3.63, 3.8) is 0 Å². The molecule has 80 valence electrons. The van der Waals surface area contributed by atoms with Crippen LogP contribution in [0.15, 0.2) is 0 Å². The first-order valence-corrected chi connectivity index (χ1v) is 6.86. The lowest BCUT2D eigenvalue weighted by Crippen LogP contribution is -1.97. The van der Waals surface area contributed by atoms with E-state index >= 15 is 0 Å². The first kappa shape index (κ1) is 13.6. The molecule has 0 aromatic rings. The first-order chi connectivity index (χ1) is 6.06. The van der Waals surface area contributed by atoms with Gasteiger partial charge >= 0.3 is 10.4 Å². The molecule has 0 bridgehead atoms. The second kappa shape index (κ2) is 7.93. The van der Waals surface area contributed by atoms with Crippen molar-refractivity contribution in [2.45, 2.75) is 25.7 Å². The normalized spacial score (nSPS) is 11.8. The summed E-state index contributed by atoms with van der Waals surface area (Å²) in [6.45, 7) is 0. The molecule has 0 rings (SSSR count). The van der Waals surface area contributed by atoms with Crippen molar-refractivity contribution >= 4 is 35.1 Å². The van der Waals surface area contributed by atoms with Gasteiger partial charge in [0, 0.05) is 17.8 Å². The van der Waals surface area contributed by atoms with Gasteiger partial charge in [-0.1, -0.05) is 12.8 Å². The van der Waals surface area contributed by atoms with E-state index in [4.69, 9.17) is 4.55 Å². The van der Waals surface area contributed by atoms with Crippen molar-refractivity contribution < 1.29 is 16.6 Å². The molecule has 0 aromatic carbocycles. The summed E-state index contributed by atoms with van der Waals surface area (Å²) in [4.78, 5) is 0. The number of hydrogen-bond donors (Lipinski definition) is 2. The Bertz CT molecular complexity index is 202. The highest BCUT2D eigenvalue weighted by atomic mass is 32.3. The molecular weight excluding hydrogens is 232 g/mol. The Hall–Kier alpha value is 0.570. The van der Waals surface area contributed by atoms with Gasteiger partial charge in [0.1, 0.15) is 0 Å². The lowest BCUT2D eigenvalue weighted by atomic mass is 10.2. The Kier molecular flexibility index (Phi) is 8.27. The van der Waals surface area contributed by atoms with E-state index < -0.39 is 10.4 Å². The van der Waals surface area contributed by atoms with Crippen molar-refractivity contribution in [3.8, 4) is 0 Å². The van der Waals surface area contributed by atoms with Gasteiger partial charge in [0.2, 0.25) is 0 Å². The largest absolute Gasteiger partial charge is 0.408 e. The second-order valence-corrected chi connectivity index (χ2v) is 4.95. The predicted octanol–water partition coefficient (Wildman–Crippen LogP) is 1.94. The highest BCUT2D eigenvalue weighted by Crippen LogP contribution is 2.11. The van der Waals surface area contributed by atoms with Crippen molar-refractivity contribution in [2.75, 3.05) is 11.5 Å². The molecule has 0 radical (unpaired) electrons. The predicted molar refractivity (Wildman–Crippen MR) is 57.4 cm³/mol. The molecule has 0 heterocycles. The molecule has 0 saturated heterocycles. The maximum absolute atomic E-state index is 10.1. The van der Waals surface area contributed by atoms with Gasteiger partial charge in [-0.3, -0.25) is 4.55 Å². The fourth-order valence-corrected chi connectivity index (χ4v) is 2.03. The van der Waals surface area contributed by atoms with E-state index in [1.54, 1.807) is 0 Å². The van der Waals surface area contributed by atoms with Gasteiger partial charge in [0.05, 0.1) is 0 Å². The Morgan fingerprint density at radius 1 is 1.23 bits per heavy atom. The zero-order valence-corrected chi connectivity index (χ0v) is 9.71. The summed E-state index contributed by atoms with van der Waals surface area (Å²) in [7, 11) is -4.27. The summed E-state index contributed by atoms with van der Waals surface area (Å²) < 4.78 is 32.4. The summed E-state index contributed by atoms with van der Waals surface area (Å²) in [6, 6.07) is 0. The molecule has 0 amide bonds. The smallest absolute Gasteiger partial charge is 0.263 e. The Morgan fingerprint density at radius 2 is 1.85 bits per heavy atom. The fourth-order valence-electron chi connectivity index (χ4n) is 0.721. The van der Waals surface area contributed by atoms with Gasteiger partial charge in [-0.2, -0.15) is 24.7 Å². The van der Waals surface area contributed by atoms with Crippen molar-refractivity contribution in [1.29, 1.82) is 0 Å². The minimum Gasteiger partial charge on any atom is -0.263 e. The zero-order chi connectivity index (χ0) is 10.2. The van der Waals surface area contributed by atoms with Crippen LogP contribution in [0.25, 0.3) is 0 Å². The highest BCUT2D eigenvalue weighted by Gasteiger charge is 2.03. The van der Waals surface area contributed by atoms with Gasteiger partial charge in [-0.05, 0) is 18.6 Å². The molecule has 0 spiro atoms. The molecular formula is C6H14O4S3. The lowest BCUT2D eigenvalue weighted by molar-refractivity contribution is 0.407. The summed E-state index contributed by atoms with van der Waals surface area (Å²) in [6.07, 6.45) is 4.08. The van der Waals surface area contributed by atoms with E-state index in [1.807, 2.05) is 0 Å². The number of rotatable bonds is 8. The van der Waals surface area contributed by atoms with Gasteiger partial charge in [-0.15, -0.1) is 0 Å². The van der Waals surface area contributed by atoms with E-state index in [9.17, 15) is 8.42 Å². The Labute approximate surface area is 89.0 Å². The van der Waals surface area contributed by atoms with Crippen molar-refractivity contribution in [3.05, 3.63) is 0 Å². The van der Waals surface area contributed by atoms with Crippen LogP contribution in [0.5, 0.6) is 0 Å². The van der Waals surface area contributed by atoms with Crippen LogP contribution in [0.2, 0.25) is 0 Å². The molecule has 0 aromatic heterocycles. The van der Waals surface area contributed by atoms with Gasteiger partial charge in [0.25, 0.3) is 0 Å². The average Bonchev–Trinajstić information content (AvgIpc) is 2.01. The molecule has 0 aliphatic carbocycles. The van der Waals surface area contributed by atoms with Crippen LogP contribution in [0.1, 0.15) is 25.7 Å². The van der Waals surface area contributed by atoms with E-state index in [0.29, 0.717) is 5.75 Å². The standard InChI is InChI=1S/C6H14O4S3/c7-13(8,9)10-12-6-4-2-1-3-5-11/h11H,1-6H2,(H,7,8,9). The van der Waals surface area contributed by atoms with E-state index in [0.717, 1.165) is 43.5 Å². The molecule has 0 fully saturated rings. The maximum atomic E-state index is 10.1. The topological polar surface area (TPSA) is 63.6 Å². The third-order valence-corrected chi connectivity index (χ3v) is 3.11. The first-order valence-electron chi connectivity index (χ1n) is 3.95. The quantitative estimate of drug-likeness (QED) is 0.296. The van der Waals surface area contributed by atoms with Gasteiger partial charge < -0.3 is 0 Å². The van der Waals surface area contributed by atoms with Crippen LogP contribution in [0, 0.1) is 0 Å². The molecule has 0 atom stereocenters. The monoisotopic (exact) mass is 246 g/mol. The third kappa shape index (κ3) is 12.6. The van der Waals surface area contributed by atoms with Crippen LogP contribution in [0.3, 0.4) is 0 Å². The number of unbranched alkanes of at least 4 members (excludes halogenated alkanes) is 3. The average molecular weight is 246 g/mol. The van der Waals surface area contributed by atoms with E-state index in [2.05, 4.69) is 16.3 Å². The summed E-state index contributed by atoms with van der Waals surface area (Å²) >= 11 is 4.82.